The van der Waals surface area contributed by atoms with Crippen LogP contribution in [0.15, 0.2) is 0 Å². The minimum absolute atomic E-state index is 0.0480. The van der Waals surface area contributed by atoms with E-state index < -0.39 is 54.5 Å². The van der Waals surface area contributed by atoms with Crippen molar-refractivity contribution in [2.45, 2.75) is 108 Å². The Morgan fingerprint density at radius 3 is 1.19 bits per heavy atom. The molecule has 0 saturated carbocycles. The Bertz CT molecular complexity index is 754. The SMILES string of the molecule is CCCCCCCCC(CCCCCCCC)(C(=O)[O-])C(C(=O)[O-])(S(=O)(=O)O)S(=O)(=O)O. The van der Waals surface area contributed by atoms with Crippen LogP contribution in [-0.4, -0.2) is 42.0 Å². The molecule has 0 atom stereocenters. The monoisotopic (exact) mass is 500 g/mol. The van der Waals surface area contributed by atoms with Crippen molar-refractivity contribution in [2.24, 2.45) is 5.41 Å². The first-order valence-corrected chi connectivity index (χ1v) is 14.0. The van der Waals surface area contributed by atoms with Crippen molar-refractivity contribution in [3.8, 4) is 0 Å². The molecule has 32 heavy (non-hydrogen) atoms. The van der Waals surface area contributed by atoms with Crippen LogP contribution in [0, 0.1) is 5.41 Å². The molecule has 190 valence electrons. The van der Waals surface area contributed by atoms with Gasteiger partial charge in [-0.15, -0.1) is 0 Å². The van der Waals surface area contributed by atoms with Crippen LogP contribution >= 0.6 is 0 Å². The Labute approximate surface area is 191 Å². The van der Waals surface area contributed by atoms with Gasteiger partial charge in [-0.3, -0.25) is 9.11 Å². The average molecular weight is 501 g/mol. The fourth-order valence-electron chi connectivity index (χ4n) is 4.24. The molecule has 0 aliphatic heterocycles. The summed E-state index contributed by atoms with van der Waals surface area (Å²) in [5.41, 5.74) is -3.14. The van der Waals surface area contributed by atoms with Crippen molar-refractivity contribution in [3.05, 3.63) is 0 Å². The number of unbranched alkanes of at least 4 members (excludes halogenated alkanes) is 10. The van der Waals surface area contributed by atoms with Crippen molar-refractivity contribution in [2.75, 3.05) is 0 Å². The van der Waals surface area contributed by atoms with Crippen molar-refractivity contribution in [1.82, 2.24) is 0 Å². The highest BCUT2D eigenvalue weighted by Gasteiger charge is 2.69. The lowest BCUT2D eigenvalue weighted by Gasteiger charge is -2.47. The minimum atomic E-state index is -6.21. The van der Waals surface area contributed by atoms with Gasteiger partial charge in [-0.2, -0.15) is 16.8 Å². The van der Waals surface area contributed by atoms with E-state index in [0.29, 0.717) is 25.7 Å². The molecular weight excluding hydrogens is 464 g/mol. The highest BCUT2D eigenvalue weighted by atomic mass is 32.3. The number of aliphatic carboxylic acids is 2. The van der Waals surface area contributed by atoms with Gasteiger partial charge < -0.3 is 19.8 Å². The third-order valence-corrected chi connectivity index (χ3v) is 9.76. The Hall–Kier alpha value is -1.24. The molecule has 0 rings (SSSR count). The van der Waals surface area contributed by atoms with E-state index >= 15 is 0 Å². The van der Waals surface area contributed by atoms with Gasteiger partial charge in [0.1, 0.15) is 0 Å². The highest BCUT2D eigenvalue weighted by molar-refractivity contribution is 8.06. The molecule has 0 unspecified atom stereocenters. The summed E-state index contributed by atoms with van der Waals surface area (Å²) in [6.45, 7) is 3.96. The van der Waals surface area contributed by atoms with Crippen LogP contribution < -0.4 is 10.2 Å². The Morgan fingerprint density at radius 2 is 0.938 bits per heavy atom. The van der Waals surface area contributed by atoms with Gasteiger partial charge in [0.05, 0.1) is 17.4 Å². The maximum absolute atomic E-state index is 12.2. The van der Waals surface area contributed by atoms with Gasteiger partial charge in [-0.05, 0) is 12.8 Å². The molecule has 0 aliphatic carbocycles. The summed E-state index contributed by atoms with van der Waals surface area (Å²) < 4.78 is 63.4. The zero-order valence-electron chi connectivity index (χ0n) is 18.9. The van der Waals surface area contributed by atoms with Gasteiger partial charge >= 0.3 is 0 Å². The van der Waals surface area contributed by atoms with Crippen LogP contribution in [0.5, 0.6) is 0 Å². The lowest BCUT2D eigenvalue weighted by molar-refractivity contribution is -0.330. The smallest absolute Gasteiger partial charge is 0.294 e. The van der Waals surface area contributed by atoms with E-state index in [2.05, 4.69) is 0 Å². The number of carbonyl (C=O) groups is 2. The maximum Gasteiger partial charge on any atom is 0.294 e. The molecule has 0 spiro atoms. The van der Waals surface area contributed by atoms with E-state index in [1.54, 1.807) is 0 Å². The first-order chi connectivity index (χ1) is 14.8. The predicted octanol–water partition coefficient (Wildman–Crippen LogP) is 1.45. The molecular formula is C20H36O10S2-2. The Kier molecular flexibility index (Phi) is 12.9. The lowest BCUT2D eigenvalue weighted by Crippen LogP contribution is -2.72. The van der Waals surface area contributed by atoms with Crippen LogP contribution in [0.25, 0.3) is 0 Å². The molecule has 12 heteroatoms. The summed E-state index contributed by atoms with van der Waals surface area (Å²) in [5.74, 6) is -5.22. The Morgan fingerprint density at radius 1 is 0.625 bits per heavy atom. The van der Waals surface area contributed by atoms with Crippen LogP contribution in [-0.2, 0) is 29.8 Å². The largest absolute Gasteiger partial charge is 0.549 e. The van der Waals surface area contributed by atoms with E-state index in [4.69, 9.17) is 0 Å². The molecule has 0 heterocycles. The van der Waals surface area contributed by atoms with E-state index in [1.165, 1.54) is 0 Å². The van der Waals surface area contributed by atoms with Crippen LogP contribution in [0.4, 0.5) is 0 Å². The first-order valence-electron chi connectivity index (χ1n) is 11.1. The third kappa shape index (κ3) is 7.13. The number of hydrogen-bond acceptors (Lipinski definition) is 8. The van der Waals surface area contributed by atoms with E-state index in [1.807, 2.05) is 13.8 Å². The Balaban J connectivity index is 6.31. The second-order valence-electron chi connectivity index (χ2n) is 8.26. The normalized spacial score (nSPS) is 13.2. The maximum atomic E-state index is 12.2. The lowest BCUT2D eigenvalue weighted by atomic mass is 9.74. The van der Waals surface area contributed by atoms with Crippen LogP contribution in [0.2, 0.25) is 0 Å². The molecule has 2 N–H and O–H groups in total. The second-order valence-corrected chi connectivity index (χ2v) is 11.6. The summed E-state index contributed by atoms with van der Waals surface area (Å²) >= 11 is 0. The summed E-state index contributed by atoms with van der Waals surface area (Å²) in [5, 5.41) is 24.2. The summed E-state index contributed by atoms with van der Waals surface area (Å²) in [4.78, 5) is 24.2. The van der Waals surface area contributed by atoms with Crippen LogP contribution in [0.3, 0.4) is 0 Å². The van der Waals surface area contributed by atoms with Gasteiger partial charge in [-0.25, -0.2) is 0 Å². The summed E-state index contributed by atoms with van der Waals surface area (Å²) in [6, 6.07) is 0. The van der Waals surface area contributed by atoms with E-state index in [9.17, 15) is 45.7 Å². The van der Waals surface area contributed by atoms with Gasteiger partial charge in [0.2, 0.25) is 0 Å². The molecule has 0 aromatic heterocycles. The number of hydrogen-bond donors (Lipinski definition) is 2. The van der Waals surface area contributed by atoms with Crippen LogP contribution in [0.1, 0.15) is 104 Å². The van der Waals surface area contributed by atoms with Gasteiger partial charge in [0, 0.05) is 0 Å². The molecule has 0 aromatic carbocycles. The van der Waals surface area contributed by atoms with Gasteiger partial charge in [-0.1, -0.05) is 90.9 Å². The van der Waals surface area contributed by atoms with Crippen molar-refractivity contribution < 1.29 is 45.7 Å². The molecule has 0 amide bonds. The first kappa shape index (κ1) is 30.8. The van der Waals surface area contributed by atoms with Crippen molar-refractivity contribution in [3.63, 3.8) is 0 Å². The number of carboxylic acid groups (broad SMARTS) is 2. The van der Waals surface area contributed by atoms with E-state index in [0.717, 1.165) is 38.5 Å². The van der Waals surface area contributed by atoms with Crippen molar-refractivity contribution >= 4 is 32.2 Å². The third-order valence-electron chi connectivity index (χ3n) is 5.93. The molecule has 0 aromatic rings. The fraction of sp³-hybridized carbons (Fsp3) is 0.900. The predicted molar refractivity (Wildman–Crippen MR) is 114 cm³/mol. The molecule has 0 radical (unpaired) electrons. The highest BCUT2D eigenvalue weighted by Crippen LogP contribution is 2.49. The van der Waals surface area contributed by atoms with Crippen molar-refractivity contribution in [1.29, 1.82) is 0 Å². The molecule has 0 saturated heterocycles. The van der Waals surface area contributed by atoms with Gasteiger partial charge in [0.25, 0.3) is 24.3 Å². The number of carbonyl (C=O) groups excluding carboxylic acids is 2. The summed E-state index contributed by atoms with van der Waals surface area (Å²) in [7, 11) is -12.4. The molecule has 10 nitrogen and oxygen atoms in total. The topological polar surface area (TPSA) is 189 Å². The minimum Gasteiger partial charge on any atom is -0.549 e. The van der Waals surface area contributed by atoms with E-state index in [-0.39, 0.29) is 12.8 Å². The standard InChI is InChI=1S/C20H38O10S2/c1-3-5-7-9-11-13-15-19(17(21)22,16-14-12-10-8-6-4-2)20(18(23)24,31(25,26)27)32(28,29)30/h3-16H2,1-2H3,(H,21,22)(H,23,24)(H,25,26,27)(H,28,29,30)/p-2. The molecule has 0 aliphatic rings. The zero-order valence-corrected chi connectivity index (χ0v) is 20.5. The molecule has 0 fully saturated rings. The average Bonchev–Trinajstić information content (AvgIpc) is 2.64. The van der Waals surface area contributed by atoms with Gasteiger partial charge in [0.15, 0.2) is 0 Å². The number of carboxylic acids is 2. The quantitative estimate of drug-likeness (QED) is 0.194. The number of rotatable bonds is 19. The summed E-state index contributed by atoms with van der Waals surface area (Å²) in [6.07, 6.45) is 5.68. The fourth-order valence-corrected chi connectivity index (χ4v) is 7.29. The molecule has 0 bridgehead atoms. The zero-order chi connectivity index (χ0) is 25.1. The second kappa shape index (κ2) is 13.5.